The topological polar surface area (TPSA) is 143 Å². The molecule has 0 saturated carbocycles. The molecule has 0 fully saturated rings. The Morgan fingerprint density at radius 2 is 1.77 bits per heavy atom. The van der Waals surface area contributed by atoms with Crippen molar-refractivity contribution in [2.75, 3.05) is 0 Å². The molecule has 3 aromatic rings. The van der Waals surface area contributed by atoms with Gasteiger partial charge in [0, 0.05) is 17.5 Å². The number of aliphatic carboxylic acids is 2. The Morgan fingerprint density at radius 1 is 1.06 bits per heavy atom. The average molecular weight is 425 g/mol. The SMILES string of the molecule is C[C@H](Oc1ccc2c(-c3ccccc3)cc(=O)oc2c1)C(=O)N[C@@H](CC(=O)O)C(=O)O. The van der Waals surface area contributed by atoms with Crippen molar-refractivity contribution in [2.45, 2.75) is 25.5 Å². The van der Waals surface area contributed by atoms with E-state index in [1.54, 1.807) is 12.1 Å². The molecule has 2 aromatic carbocycles. The van der Waals surface area contributed by atoms with Crippen molar-refractivity contribution < 1.29 is 33.8 Å². The first-order valence-electron chi connectivity index (χ1n) is 9.29. The number of benzene rings is 2. The highest BCUT2D eigenvalue weighted by molar-refractivity contribution is 5.94. The van der Waals surface area contributed by atoms with Crippen LogP contribution in [0.15, 0.2) is 63.8 Å². The molecule has 0 aliphatic carbocycles. The van der Waals surface area contributed by atoms with Crippen LogP contribution in [-0.2, 0) is 14.4 Å². The van der Waals surface area contributed by atoms with Crippen LogP contribution in [0.3, 0.4) is 0 Å². The first kappa shape index (κ1) is 21.6. The summed E-state index contributed by atoms with van der Waals surface area (Å²) in [5, 5.41) is 20.6. The summed E-state index contributed by atoms with van der Waals surface area (Å²) in [5.74, 6) is -3.41. The van der Waals surface area contributed by atoms with Crippen LogP contribution in [0, 0.1) is 0 Å². The van der Waals surface area contributed by atoms with E-state index in [9.17, 15) is 19.2 Å². The first-order chi connectivity index (χ1) is 14.7. The lowest BCUT2D eigenvalue weighted by atomic mass is 10.0. The van der Waals surface area contributed by atoms with E-state index in [1.807, 2.05) is 30.3 Å². The van der Waals surface area contributed by atoms with Gasteiger partial charge in [-0.05, 0) is 30.2 Å². The van der Waals surface area contributed by atoms with Crippen molar-refractivity contribution in [1.82, 2.24) is 5.32 Å². The molecule has 0 aliphatic heterocycles. The van der Waals surface area contributed by atoms with Crippen molar-refractivity contribution in [3.05, 3.63) is 65.0 Å². The zero-order valence-electron chi connectivity index (χ0n) is 16.4. The second-order valence-corrected chi connectivity index (χ2v) is 6.76. The van der Waals surface area contributed by atoms with E-state index < -0.39 is 42.0 Å². The number of hydrogen-bond donors (Lipinski definition) is 3. The van der Waals surface area contributed by atoms with Crippen molar-refractivity contribution in [2.24, 2.45) is 0 Å². The number of ether oxygens (including phenoxy) is 1. The van der Waals surface area contributed by atoms with Crippen LogP contribution >= 0.6 is 0 Å². The lowest BCUT2D eigenvalue weighted by molar-refractivity contribution is -0.147. The molecule has 31 heavy (non-hydrogen) atoms. The standard InChI is InChI=1S/C22H19NO8/c1-12(21(27)23-17(22(28)29)11-19(24)25)30-14-7-8-15-16(13-5-3-2-4-6-13)10-20(26)31-18(15)9-14/h2-10,12,17H,11H2,1H3,(H,23,27)(H,24,25)(H,28,29)/t12-,17-/m0/s1. The molecule has 9 nitrogen and oxygen atoms in total. The zero-order chi connectivity index (χ0) is 22.5. The van der Waals surface area contributed by atoms with Crippen molar-refractivity contribution >= 4 is 28.8 Å². The highest BCUT2D eigenvalue weighted by Gasteiger charge is 2.26. The third-order valence-corrected chi connectivity index (χ3v) is 4.48. The van der Waals surface area contributed by atoms with Crippen molar-refractivity contribution in [3.63, 3.8) is 0 Å². The maximum atomic E-state index is 12.2. The molecule has 9 heteroatoms. The summed E-state index contributed by atoms with van der Waals surface area (Å²) in [6, 6.07) is 13.8. The Kier molecular flexibility index (Phi) is 6.35. The van der Waals surface area contributed by atoms with Gasteiger partial charge in [-0.25, -0.2) is 9.59 Å². The maximum absolute atomic E-state index is 12.2. The lowest BCUT2D eigenvalue weighted by Crippen LogP contribution is -2.47. The summed E-state index contributed by atoms with van der Waals surface area (Å²) in [5.41, 5.74) is 1.22. The minimum Gasteiger partial charge on any atom is -0.481 e. The third kappa shape index (κ3) is 5.27. The number of nitrogens with one attached hydrogen (secondary N) is 1. The molecule has 0 aliphatic rings. The Labute approximate surface area is 175 Å². The maximum Gasteiger partial charge on any atom is 0.336 e. The average Bonchev–Trinajstić information content (AvgIpc) is 2.72. The minimum atomic E-state index is -1.58. The van der Waals surface area contributed by atoms with Crippen LogP contribution in [0.1, 0.15) is 13.3 Å². The van der Waals surface area contributed by atoms with E-state index in [-0.39, 0.29) is 11.3 Å². The quantitative estimate of drug-likeness (QED) is 0.467. The van der Waals surface area contributed by atoms with E-state index in [2.05, 4.69) is 5.32 Å². The van der Waals surface area contributed by atoms with Gasteiger partial charge in [0.2, 0.25) is 0 Å². The Morgan fingerprint density at radius 3 is 2.42 bits per heavy atom. The molecule has 1 heterocycles. The second-order valence-electron chi connectivity index (χ2n) is 6.76. The summed E-state index contributed by atoms with van der Waals surface area (Å²) in [6.45, 7) is 1.38. The Balaban J connectivity index is 1.82. The molecule has 3 N–H and O–H groups in total. The second kappa shape index (κ2) is 9.12. The molecule has 3 rings (SSSR count). The van der Waals surface area contributed by atoms with Crippen LogP contribution in [-0.4, -0.2) is 40.2 Å². The smallest absolute Gasteiger partial charge is 0.336 e. The highest BCUT2D eigenvalue weighted by atomic mass is 16.5. The first-order valence-corrected chi connectivity index (χ1v) is 9.29. The molecular formula is C22H19NO8. The fourth-order valence-corrected chi connectivity index (χ4v) is 2.99. The van der Waals surface area contributed by atoms with Gasteiger partial charge in [-0.1, -0.05) is 30.3 Å². The number of fused-ring (bicyclic) bond motifs is 1. The van der Waals surface area contributed by atoms with Crippen LogP contribution in [0.25, 0.3) is 22.1 Å². The van der Waals surface area contributed by atoms with Gasteiger partial charge in [-0.2, -0.15) is 0 Å². The number of amides is 1. The molecule has 160 valence electrons. The minimum absolute atomic E-state index is 0.216. The van der Waals surface area contributed by atoms with Gasteiger partial charge in [0.05, 0.1) is 6.42 Å². The number of rotatable bonds is 8. The zero-order valence-corrected chi connectivity index (χ0v) is 16.4. The van der Waals surface area contributed by atoms with Gasteiger partial charge in [0.25, 0.3) is 5.91 Å². The molecular weight excluding hydrogens is 406 g/mol. The normalized spacial score (nSPS) is 12.7. The summed E-state index contributed by atoms with van der Waals surface area (Å²) >= 11 is 0. The van der Waals surface area contributed by atoms with E-state index in [0.717, 1.165) is 5.56 Å². The fraction of sp³-hybridized carbons (Fsp3) is 0.182. The molecule has 0 unspecified atom stereocenters. The van der Waals surface area contributed by atoms with Gasteiger partial charge in [-0.15, -0.1) is 0 Å². The van der Waals surface area contributed by atoms with Gasteiger partial charge < -0.3 is 24.7 Å². The van der Waals surface area contributed by atoms with E-state index in [4.69, 9.17) is 19.4 Å². The van der Waals surface area contributed by atoms with Crippen LogP contribution in [0.5, 0.6) is 5.75 Å². The molecule has 0 bridgehead atoms. The van der Waals surface area contributed by atoms with Crippen LogP contribution in [0.4, 0.5) is 0 Å². The van der Waals surface area contributed by atoms with Crippen LogP contribution in [0.2, 0.25) is 0 Å². The van der Waals surface area contributed by atoms with Crippen LogP contribution < -0.4 is 15.7 Å². The van der Waals surface area contributed by atoms with E-state index in [1.165, 1.54) is 19.1 Å². The highest BCUT2D eigenvalue weighted by Crippen LogP contribution is 2.29. The van der Waals surface area contributed by atoms with E-state index >= 15 is 0 Å². The molecule has 0 radical (unpaired) electrons. The summed E-state index contributed by atoms with van der Waals surface area (Å²) in [7, 11) is 0. The largest absolute Gasteiger partial charge is 0.481 e. The summed E-state index contributed by atoms with van der Waals surface area (Å²) in [6.07, 6.45) is -1.89. The molecule has 0 spiro atoms. The van der Waals surface area contributed by atoms with Crippen molar-refractivity contribution in [3.8, 4) is 16.9 Å². The Hall–Kier alpha value is -4.14. The lowest BCUT2D eigenvalue weighted by Gasteiger charge is -2.18. The fourth-order valence-electron chi connectivity index (χ4n) is 2.99. The van der Waals surface area contributed by atoms with Gasteiger partial charge in [0.15, 0.2) is 6.10 Å². The van der Waals surface area contributed by atoms with Gasteiger partial charge in [0.1, 0.15) is 17.4 Å². The van der Waals surface area contributed by atoms with Gasteiger partial charge >= 0.3 is 17.6 Å². The predicted octanol–water partition coefficient (Wildman–Crippen LogP) is 2.27. The third-order valence-electron chi connectivity index (χ3n) is 4.48. The Bertz CT molecular complexity index is 1190. The predicted molar refractivity (Wildman–Crippen MR) is 110 cm³/mol. The van der Waals surface area contributed by atoms with E-state index in [0.29, 0.717) is 10.9 Å². The summed E-state index contributed by atoms with van der Waals surface area (Å²) < 4.78 is 10.8. The number of carboxylic acid groups (broad SMARTS) is 2. The van der Waals surface area contributed by atoms with Crippen molar-refractivity contribution in [1.29, 1.82) is 0 Å². The molecule has 1 aromatic heterocycles. The number of hydrogen-bond acceptors (Lipinski definition) is 6. The number of carbonyl (C=O) groups excluding carboxylic acids is 1. The summed E-state index contributed by atoms with van der Waals surface area (Å²) in [4.78, 5) is 46.1. The molecule has 0 saturated heterocycles. The molecule has 1 amide bonds. The number of carboxylic acids is 2. The molecule has 2 atom stereocenters. The number of carbonyl (C=O) groups is 3. The monoisotopic (exact) mass is 425 g/mol. The van der Waals surface area contributed by atoms with Gasteiger partial charge in [-0.3, -0.25) is 9.59 Å².